The van der Waals surface area contributed by atoms with Crippen molar-refractivity contribution in [3.63, 3.8) is 0 Å². The highest BCUT2D eigenvalue weighted by Crippen LogP contribution is 2.40. The van der Waals surface area contributed by atoms with Gasteiger partial charge < -0.3 is 19.9 Å². The van der Waals surface area contributed by atoms with Crippen molar-refractivity contribution in [3.05, 3.63) is 30.0 Å². The molecule has 4 rings (SSSR count). The first-order valence-corrected chi connectivity index (χ1v) is 11.8. The molecular formula is C22H27IN6O3. The average molecular weight is 550 g/mol. The minimum atomic E-state index is -0.223. The van der Waals surface area contributed by atoms with Crippen molar-refractivity contribution in [3.8, 4) is 5.75 Å². The van der Waals surface area contributed by atoms with Gasteiger partial charge in [-0.1, -0.05) is 19.8 Å². The van der Waals surface area contributed by atoms with Gasteiger partial charge in [0, 0.05) is 18.7 Å². The van der Waals surface area contributed by atoms with E-state index >= 15 is 0 Å². The number of benzene rings is 1. The van der Waals surface area contributed by atoms with Crippen LogP contribution in [0.3, 0.4) is 0 Å². The van der Waals surface area contributed by atoms with Crippen molar-refractivity contribution < 1.29 is 14.3 Å². The number of amides is 2. The molecule has 2 N–H and O–H groups in total. The van der Waals surface area contributed by atoms with E-state index < -0.39 is 0 Å². The number of rotatable bonds is 6. The number of anilines is 4. The molecule has 2 aromatic rings. The zero-order valence-corrected chi connectivity index (χ0v) is 20.5. The monoisotopic (exact) mass is 550 g/mol. The van der Waals surface area contributed by atoms with E-state index in [-0.39, 0.29) is 17.9 Å². The summed E-state index contributed by atoms with van der Waals surface area (Å²) in [6, 6.07) is 5.22. The van der Waals surface area contributed by atoms with Gasteiger partial charge in [0.25, 0.3) is 5.91 Å². The number of carbonyl (C=O) groups is 2. The van der Waals surface area contributed by atoms with E-state index in [1.54, 1.807) is 66.3 Å². The average Bonchev–Trinajstić information content (AvgIpc) is 3.35. The highest BCUT2D eigenvalue weighted by Gasteiger charge is 2.41. The number of ether oxygens (including phenoxy) is 1. The summed E-state index contributed by atoms with van der Waals surface area (Å²) in [4.78, 5) is 38.1. The molecule has 1 aliphatic heterocycles. The lowest BCUT2D eigenvalue weighted by Crippen LogP contribution is -2.55. The fourth-order valence-corrected chi connectivity index (χ4v) is 4.87. The highest BCUT2D eigenvalue weighted by molar-refractivity contribution is 14.1. The van der Waals surface area contributed by atoms with Gasteiger partial charge in [0.15, 0.2) is 5.82 Å². The Morgan fingerprint density at radius 2 is 2.06 bits per heavy atom. The Morgan fingerprint density at radius 3 is 2.72 bits per heavy atom. The molecule has 2 amide bonds. The van der Waals surface area contributed by atoms with Gasteiger partial charge >= 0.3 is 0 Å². The predicted octanol–water partition coefficient (Wildman–Crippen LogP) is 3.81. The van der Waals surface area contributed by atoms with Crippen LogP contribution in [0.25, 0.3) is 0 Å². The largest absolute Gasteiger partial charge is 0.495 e. The summed E-state index contributed by atoms with van der Waals surface area (Å²) in [6.45, 7) is 2.04. The first-order chi connectivity index (χ1) is 15.5. The molecule has 0 spiro atoms. The maximum atomic E-state index is 13.0. The summed E-state index contributed by atoms with van der Waals surface area (Å²) in [7, 11) is 3.33. The van der Waals surface area contributed by atoms with Crippen LogP contribution in [-0.4, -0.2) is 48.0 Å². The van der Waals surface area contributed by atoms with E-state index in [1.807, 2.05) is 6.92 Å². The van der Waals surface area contributed by atoms with Gasteiger partial charge in [-0.15, -0.1) is 0 Å². The molecular weight excluding hydrogens is 523 g/mol. The van der Waals surface area contributed by atoms with Crippen LogP contribution in [0.1, 0.15) is 49.4 Å². The van der Waals surface area contributed by atoms with Crippen LogP contribution in [0.4, 0.5) is 23.1 Å². The topological polar surface area (TPSA) is 99.7 Å². The second kappa shape index (κ2) is 9.47. The number of likely N-dealkylation sites (N-methyl/N-ethyl adjacent to an activating group) is 1. The molecule has 9 nitrogen and oxygen atoms in total. The summed E-state index contributed by atoms with van der Waals surface area (Å²) in [5.74, 6) is 1.58. The Balaban J connectivity index is 1.70. The highest BCUT2D eigenvalue weighted by atomic mass is 127. The first kappa shape index (κ1) is 22.6. The normalized spacial score (nSPS) is 18.5. The predicted molar refractivity (Wildman–Crippen MR) is 132 cm³/mol. The number of hydrogen-bond donors (Lipinski definition) is 2. The summed E-state index contributed by atoms with van der Waals surface area (Å²) in [5, 5.41) is 3.22. The molecule has 1 atom stereocenters. The minimum absolute atomic E-state index is 0.0852. The lowest BCUT2D eigenvalue weighted by Gasteiger charge is -2.43. The quantitative estimate of drug-likeness (QED) is 0.417. The zero-order chi connectivity index (χ0) is 22.8. The van der Waals surface area contributed by atoms with E-state index in [4.69, 9.17) is 9.72 Å². The van der Waals surface area contributed by atoms with E-state index in [2.05, 4.69) is 18.7 Å². The Kier molecular flexibility index (Phi) is 6.68. The molecule has 1 aromatic heterocycles. The molecule has 0 unspecified atom stereocenters. The third kappa shape index (κ3) is 4.07. The Morgan fingerprint density at radius 1 is 1.31 bits per heavy atom. The van der Waals surface area contributed by atoms with Crippen LogP contribution in [0, 0.1) is 0 Å². The molecule has 2 aliphatic rings. The molecule has 2 heterocycles. The van der Waals surface area contributed by atoms with Crippen molar-refractivity contribution in [2.45, 2.75) is 51.1 Å². The van der Waals surface area contributed by atoms with Gasteiger partial charge in [-0.05, 0) is 37.5 Å². The van der Waals surface area contributed by atoms with Gasteiger partial charge in [0.05, 0.1) is 41.9 Å². The number of nitrogens with one attached hydrogen (secondary N) is 2. The van der Waals surface area contributed by atoms with E-state index in [0.29, 0.717) is 29.0 Å². The lowest BCUT2D eigenvalue weighted by molar-refractivity contribution is -0.120. The molecule has 0 bridgehead atoms. The smallest absolute Gasteiger partial charge is 0.260 e. The Hall–Kier alpha value is -2.63. The van der Waals surface area contributed by atoms with Crippen molar-refractivity contribution >= 4 is 57.8 Å². The second-order valence-electron chi connectivity index (χ2n) is 8.03. The minimum Gasteiger partial charge on any atom is -0.495 e. The van der Waals surface area contributed by atoms with Gasteiger partial charge in [-0.25, -0.2) is 4.98 Å². The number of halogens is 1. The van der Waals surface area contributed by atoms with E-state index in [9.17, 15) is 9.59 Å². The van der Waals surface area contributed by atoms with Crippen LogP contribution in [0.2, 0.25) is 0 Å². The van der Waals surface area contributed by atoms with Crippen LogP contribution in [-0.2, 0) is 4.79 Å². The maximum absolute atomic E-state index is 13.0. The first-order valence-electron chi connectivity index (χ1n) is 10.8. The Bertz CT molecular complexity index is 1030. The zero-order valence-electron chi connectivity index (χ0n) is 18.4. The molecule has 32 heavy (non-hydrogen) atoms. The number of fused-ring (bicyclic) bond motifs is 1. The SMILES string of the molecule is CC[C@@H]1C(=O)N(C)c2cnc(Nc3ccc(C(=O)NI)cc3OC)nc2N1C1CCCC1. The van der Waals surface area contributed by atoms with Crippen molar-refractivity contribution in [2.24, 2.45) is 0 Å². The molecule has 170 valence electrons. The second-order valence-corrected chi connectivity index (χ2v) is 8.57. The number of nitrogens with zero attached hydrogens (tertiary/aromatic N) is 4. The Labute approximate surface area is 201 Å². The molecule has 1 saturated carbocycles. The van der Waals surface area contributed by atoms with Gasteiger partial charge in [-0.3, -0.25) is 13.1 Å². The molecule has 10 heteroatoms. The number of hydrogen-bond acceptors (Lipinski definition) is 7. The number of aromatic nitrogens is 2. The third-order valence-corrected chi connectivity index (χ3v) is 6.70. The molecule has 0 saturated heterocycles. The van der Waals surface area contributed by atoms with Gasteiger partial charge in [0.1, 0.15) is 17.5 Å². The molecule has 1 aliphatic carbocycles. The fourth-order valence-electron chi connectivity index (χ4n) is 4.55. The van der Waals surface area contributed by atoms with Crippen LogP contribution in [0.5, 0.6) is 5.75 Å². The fraction of sp³-hybridized carbons (Fsp3) is 0.455. The van der Waals surface area contributed by atoms with Crippen molar-refractivity contribution in [1.29, 1.82) is 0 Å². The lowest BCUT2D eigenvalue weighted by atomic mass is 10.0. The number of methoxy groups -OCH3 is 1. The summed E-state index contributed by atoms with van der Waals surface area (Å²) in [5.41, 5.74) is 1.86. The van der Waals surface area contributed by atoms with Crippen LogP contribution in [0.15, 0.2) is 24.4 Å². The molecule has 1 aromatic carbocycles. The summed E-state index contributed by atoms with van der Waals surface area (Å²) < 4.78 is 8.05. The molecule has 0 radical (unpaired) electrons. The van der Waals surface area contributed by atoms with E-state index in [1.165, 1.54) is 12.8 Å². The van der Waals surface area contributed by atoms with Crippen LogP contribution >= 0.6 is 22.9 Å². The maximum Gasteiger partial charge on any atom is 0.260 e. The van der Waals surface area contributed by atoms with Gasteiger partial charge in [-0.2, -0.15) is 4.98 Å². The van der Waals surface area contributed by atoms with E-state index in [0.717, 1.165) is 30.8 Å². The number of carbonyl (C=O) groups excluding carboxylic acids is 2. The summed E-state index contributed by atoms with van der Waals surface area (Å²) >= 11 is 1.80. The van der Waals surface area contributed by atoms with Crippen molar-refractivity contribution in [2.75, 3.05) is 29.3 Å². The third-order valence-electron chi connectivity index (χ3n) is 6.21. The standard InChI is InChI=1S/C22H27IN6O3/c1-4-16-21(31)28(2)17-12-24-22(26-19(17)29(16)14-7-5-6-8-14)25-15-10-9-13(20(30)27-23)11-18(15)32-3/h9-12,14,16H,4-8H2,1-3H3,(H,27,30)(H,24,25,26)/t16-/m1/s1. The van der Waals surface area contributed by atoms with Gasteiger partial charge in [0.2, 0.25) is 11.9 Å². The summed E-state index contributed by atoms with van der Waals surface area (Å²) in [6.07, 6.45) is 6.88. The van der Waals surface area contributed by atoms with Crippen LogP contribution < -0.4 is 23.4 Å². The van der Waals surface area contributed by atoms with Crippen molar-refractivity contribution in [1.82, 2.24) is 13.5 Å². The molecule has 1 fully saturated rings.